The Morgan fingerprint density at radius 3 is 2.22 bits per heavy atom. The zero-order valence-corrected chi connectivity index (χ0v) is 16.6. The third-order valence-electron chi connectivity index (χ3n) is 5.23. The molecule has 0 unspecified atom stereocenters. The summed E-state index contributed by atoms with van der Waals surface area (Å²) in [4.78, 5) is 17.0. The van der Waals surface area contributed by atoms with E-state index in [2.05, 4.69) is 65.5 Å². The van der Waals surface area contributed by atoms with Crippen LogP contribution in [-0.2, 0) is 17.8 Å². The molecule has 2 aromatic rings. The summed E-state index contributed by atoms with van der Waals surface area (Å²) < 4.78 is 0. The lowest BCUT2D eigenvalue weighted by Crippen LogP contribution is -2.43. The van der Waals surface area contributed by atoms with Gasteiger partial charge in [0, 0.05) is 44.8 Å². The lowest BCUT2D eigenvalue weighted by atomic mass is 10.1. The number of hydrogen-bond acceptors (Lipinski definition) is 3. The largest absolute Gasteiger partial charge is 0.326 e. The number of likely N-dealkylation sites (N-methyl/N-ethyl adjacent to an activating group) is 1. The van der Waals surface area contributed by atoms with Gasteiger partial charge in [0.1, 0.15) is 0 Å². The fourth-order valence-corrected chi connectivity index (χ4v) is 3.39. The van der Waals surface area contributed by atoms with Crippen molar-refractivity contribution in [3.8, 4) is 0 Å². The van der Waals surface area contributed by atoms with Crippen molar-refractivity contribution in [2.75, 3.05) is 38.5 Å². The Balaban J connectivity index is 1.39. The van der Waals surface area contributed by atoms with E-state index in [-0.39, 0.29) is 5.91 Å². The average molecular weight is 366 g/mol. The van der Waals surface area contributed by atoms with Crippen LogP contribution >= 0.6 is 0 Å². The highest BCUT2D eigenvalue weighted by atomic mass is 16.1. The molecule has 27 heavy (non-hydrogen) atoms. The van der Waals surface area contributed by atoms with Crippen molar-refractivity contribution in [3.05, 3.63) is 65.2 Å². The number of carbonyl (C=O) groups excluding carboxylic acids is 1. The SMILES string of the molecule is Cc1ccc(CCCC(=O)Nc2ccc(CN3CCN(C)CC3)cc2)cc1. The number of rotatable bonds is 7. The molecule has 4 heteroatoms. The van der Waals surface area contributed by atoms with Gasteiger partial charge in [0.25, 0.3) is 0 Å². The van der Waals surface area contributed by atoms with Crippen molar-refractivity contribution >= 4 is 11.6 Å². The van der Waals surface area contributed by atoms with Gasteiger partial charge in [0.2, 0.25) is 5.91 Å². The summed E-state index contributed by atoms with van der Waals surface area (Å²) in [6.45, 7) is 7.59. The molecule has 0 spiro atoms. The molecular formula is C23H31N3O. The van der Waals surface area contributed by atoms with Crippen LogP contribution in [0.5, 0.6) is 0 Å². The van der Waals surface area contributed by atoms with Crippen LogP contribution in [0.15, 0.2) is 48.5 Å². The molecule has 1 aliphatic rings. The lowest BCUT2D eigenvalue weighted by molar-refractivity contribution is -0.116. The Morgan fingerprint density at radius 1 is 0.926 bits per heavy atom. The fourth-order valence-electron chi connectivity index (χ4n) is 3.39. The smallest absolute Gasteiger partial charge is 0.224 e. The number of amides is 1. The van der Waals surface area contributed by atoms with Crippen molar-refractivity contribution in [2.24, 2.45) is 0 Å². The summed E-state index contributed by atoms with van der Waals surface area (Å²) in [5.41, 5.74) is 4.75. The first-order chi connectivity index (χ1) is 13.1. The van der Waals surface area contributed by atoms with Crippen LogP contribution in [0.25, 0.3) is 0 Å². The first kappa shape index (κ1) is 19.6. The molecular weight excluding hydrogens is 334 g/mol. The molecule has 0 radical (unpaired) electrons. The molecule has 144 valence electrons. The van der Waals surface area contributed by atoms with E-state index >= 15 is 0 Å². The van der Waals surface area contributed by atoms with Gasteiger partial charge in [-0.1, -0.05) is 42.0 Å². The molecule has 1 amide bonds. The summed E-state index contributed by atoms with van der Waals surface area (Å²) >= 11 is 0. The Morgan fingerprint density at radius 2 is 1.56 bits per heavy atom. The number of nitrogens with one attached hydrogen (secondary N) is 1. The van der Waals surface area contributed by atoms with E-state index in [1.807, 2.05) is 12.1 Å². The second-order valence-corrected chi connectivity index (χ2v) is 7.66. The number of aryl methyl sites for hydroxylation is 2. The molecule has 0 saturated carbocycles. The first-order valence-corrected chi connectivity index (χ1v) is 9.94. The van der Waals surface area contributed by atoms with Crippen LogP contribution in [0.1, 0.15) is 29.5 Å². The average Bonchev–Trinajstić information content (AvgIpc) is 2.67. The predicted molar refractivity (Wildman–Crippen MR) is 112 cm³/mol. The normalized spacial score (nSPS) is 15.6. The molecule has 0 atom stereocenters. The van der Waals surface area contributed by atoms with Crippen LogP contribution in [0.2, 0.25) is 0 Å². The third kappa shape index (κ3) is 6.49. The summed E-state index contributed by atoms with van der Waals surface area (Å²) in [6, 6.07) is 16.8. The van der Waals surface area contributed by atoms with E-state index in [1.54, 1.807) is 0 Å². The van der Waals surface area contributed by atoms with Crippen LogP contribution in [0.3, 0.4) is 0 Å². The zero-order chi connectivity index (χ0) is 19.1. The molecule has 1 fully saturated rings. The van der Waals surface area contributed by atoms with Gasteiger partial charge in [-0.2, -0.15) is 0 Å². The van der Waals surface area contributed by atoms with Crippen LogP contribution in [-0.4, -0.2) is 48.9 Å². The molecule has 1 N–H and O–H groups in total. The van der Waals surface area contributed by atoms with Crippen LogP contribution in [0.4, 0.5) is 5.69 Å². The Kier molecular flexibility index (Phi) is 7.02. The number of carbonyl (C=O) groups is 1. The quantitative estimate of drug-likeness (QED) is 0.813. The van der Waals surface area contributed by atoms with Gasteiger partial charge >= 0.3 is 0 Å². The van der Waals surface area contributed by atoms with Crippen molar-refractivity contribution in [1.29, 1.82) is 0 Å². The van der Waals surface area contributed by atoms with Gasteiger partial charge in [-0.15, -0.1) is 0 Å². The second-order valence-electron chi connectivity index (χ2n) is 7.66. The summed E-state index contributed by atoms with van der Waals surface area (Å²) in [5, 5.41) is 3.01. The van der Waals surface area contributed by atoms with E-state index in [4.69, 9.17) is 0 Å². The van der Waals surface area contributed by atoms with Crippen molar-refractivity contribution in [3.63, 3.8) is 0 Å². The van der Waals surface area contributed by atoms with Gasteiger partial charge in [-0.3, -0.25) is 9.69 Å². The highest BCUT2D eigenvalue weighted by Crippen LogP contribution is 2.14. The maximum absolute atomic E-state index is 12.2. The van der Waals surface area contributed by atoms with Gasteiger partial charge in [-0.25, -0.2) is 0 Å². The Hall–Kier alpha value is -2.17. The second kappa shape index (κ2) is 9.67. The van der Waals surface area contributed by atoms with E-state index in [0.29, 0.717) is 6.42 Å². The molecule has 0 aromatic heterocycles. The van der Waals surface area contributed by atoms with Crippen LogP contribution in [0, 0.1) is 6.92 Å². The van der Waals surface area contributed by atoms with Gasteiger partial charge < -0.3 is 10.2 Å². The molecule has 0 bridgehead atoms. The molecule has 0 aliphatic carbocycles. The topological polar surface area (TPSA) is 35.6 Å². The van der Waals surface area contributed by atoms with Gasteiger partial charge in [0.05, 0.1) is 0 Å². The Bertz CT molecular complexity index is 716. The van der Waals surface area contributed by atoms with Gasteiger partial charge in [-0.05, 0) is 50.1 Å². The number of anilines is 1. The maximum Gasteiger partial charge on any atom is 0.224 e. The summed E-state index contributed by atoms with van der Waals surface area (Å²) in [6.07, 6.45) is 2.37. The van der Waals surface area contributed by atoms with E-state index in [9.17, 15) is 4.79 Å². The van der Waals surface area contributed by atoms with E-state index < -0.39 is 0 Å². The van der Waals surface area contributed by atoms with Crippen molar-refractivity contribution < 1.29 is 4.79 Å². The van der Waals surface area contributed by atoms with E-state index in [0.717, 1.165) is 51.3 Å². The number of piperazine rings is 1. The minimum absolute atomic E-state index is 0.0916. The molecule has 1 aliphatic heterocycles. The lowest BCUT2D eigenvalue weighted by Gasteiger charge is -2.32. The zero-order valence-electron chi connectivity index (χ0n) is 16.6. The summed E-state index contributed by atoms with van der Waals surface area (Å²) in [7, 11) is 2.18. The standard InChI is InChI=1S/C23H31N3O/c1-19-6-8-20(9-7-19)4-3-5-23(27)24-22-12-10-21(11-13-22)18-26-16-14-25(2)15-17-26/h6-13H,3-5,14-18H2,1-2H3,(H,24,27). The summed E-state index contributed by atoms with van der Waals surface area (Å²) in [5.74, 6) is 0.0916. The molecule has 1 heterocycles. The minimum atomic E-state index is 0.0916. The number of nitrogens with zero attached hydrogens (tertiary/aromatic N) is 2. The highest BCUT2D eigenvalue weighted by molar-refractivity contribution is 5.90. The fraction of sp³-hybridized carbons (Fsp3) is 0.435. The monoisotopic (exact) mass is 365 g/mol. The number of benzene rings is 2. The molecule has 4 nitrogen and oxygen atoms in total. The first-order valence-electron chi connectivity index (χ1n) is 9.94. The molecule has 1 saturated heterocycles. The minimum Gasteiger partial charge on any atom is -0.326 e. The van der Waals surface area contributed by atoms with Gasteiger partial charge in [0.15, 0.2) is 0 Å². The van der Waals surface area contributed by atoms with E-state index in [1.165, 1.54) is 16.7 Å². The predicted octanol–water partition coefficient (Wildman–Crippen LogP) is 3.70. The number of hydrogen-bond donors (Lipinski definition) is 1. The molecule has 2 aromatic carbocycles. The van der Waals surface area contributed by atoms with Crippen molar-refractivity contribution in [2.45, 2.75) is 32.7 Å². The van der Waals surface area contributed by atoms with Crippen LogP contribution < -0.4 is 5.32 Å². The van der Waals surface area contributed by atoms with Crippen molar-refractivity contribution in [1.82, 2.24) is 9.80 Å². The maximum atomic E-state index is 12.2. The highest BCUT2D eigenvalue weighted by Gasteiger charge is 2.13. The Labute approximate surface area is 163 Å². The third-order valence-corrected chi connectivity index (χ3v) is 5.23. The molecule has 3 rings (SSSR count).